The molecule has 0 aromatic heterocycles. The molecule has 1 unspecified atom stereocenters. The van der Waals surface area contributed by atoms with Gasteiger partial charge in [-0.1, -0.05) is 56.3 Å². The average molecular weight is 330 g/mol. The number of hydrogen-bond donors (Lipinski definition) is 3. The van der Waals surface area contributed by atoms with E-state index in [1.54, 1.807) is 11.8 Å². The number of aliphatic hydroxyl groups is 1. The number of anilines is 1. The first-order valence-corrected chi connectivity index (χ1v) is 8.47. The molecule has 0 saturated heterocycles. The van der Waals surface area contributed by atoms with E-state index in [2.05, 4.69) is 24.5 Å². The molecule has 0 aliphatic carbocycles. The third kappa shape index (κ3) is 5.30. The van der Waals surface area contributed by atoms with Crippen LogP contribution in [0.4, 0.5) is 10.5 Å². The van der Waals surface area contributed by atoms with Crippen LogP contribution in [0, 0.1) is 0 Å². The summed E-state index contributed by atoms with van der Waals surface area (Å²) in [6.45, 7) is 4.07. The van der Waals surface area contributed by atoms with Crippen molar-refractivity contribution in [3.63, 3.8) is 0 Å². The monoisotopic (exact) mass is 330 g/mol. The zero-order chi connectivity index (χ0) is 16.7. The minimum atomic E-state index is -0.430. The van der Waals surface area contributed by atoms with Gasteiger partial charge in [-0.05, 0) is 17.7 Å². The molecule has 2 amide bonds. The first kappa shape index (κ1) is 17.4. The molecular formula is C18H22N2O2S. The molecule has 0 radical (unpaired) electrons. The predicted molar refractivity (Wildman–Crippen MR) is 95.9 cm³/mol. The second kappa shape index (κ2) is 8.60. The van der Waals surface area contributed by atoms with Gasteiger partial charge in [0.15, 0.2) is 0 Å². The summed E-state index contributed by atoms with van der Waals surface area (Å²) in [5, 5.41) is 15.6. The minimum absolute atomic E-state index is 0.153. The van der Waals surface area contributed by atoms with Crippen LogP contribution < -0.4 is 10.6 Å². The number of hydrogen-bond acceptors (Lipinski definition) is 3. The van der Waals surface area contributed by atoms with E-state index in [0.29, 0.717) is 5.25 Å². The Labute approximate surface area is 141 Å². The molecule has 1 atom stereocenters. The summed E-state index contributed by atoms with van der Waals surface area (Å²) in [5.41, 5.74) is 1.64. The molecule has 23 heavy (non-hydrogen) atoms. The van der Waals surface area contributed by atoms with Crippen molar-refractivity contribution in [3.8, 4) is 0 Å². The highest BCUT2D eigenvalue weighted by molar-refractivity contribution is 8.00. The Kier molecular flexibility index (Phi) is 6.50. The summed E-state index contributed by atoms with van der Waals surface area (Å²) in [5.74, 6) is 0. The maximum Gasteiger partial charge on any atom is 0.319 e. The van der Waals surface area contributed by atoms with Crippen LogP contribution in [0.15, 0.2) is 59.5 Å². The SMILES string of the molecule is CC(C)Sc1ccccc1NC(=O)NC(CO)c1ccccc1. The lowest BCUT2D eigenvalue weighted by Gasteiger charge is -2.18. The Morgan fingerprint density at radius 1 is 1.09 bits per heavy atom. The van der Waals surface area contributed by atoms with Crippen LogP contribution in [-0.2, 0) is 0 Å². The fraction of sp³-hybridized carbons (Fsp3) is 0.278. The number of aliphatic hydroxyl groups excluding tert-OH is 1. The van der Waals surface area contributed by atoms with Crippen molar-refractivity contribution in [1.82, 2.24) is 5.32 Å². The molecule has 0 aliphatic rings. The summed E-state index contributed by atoms with van der Waals surface area (Å²) in [7, 11) is 0. The normalized spacial score (nSPS) is 12.0. The highest BCUT2D eigenvalue weighted by Gasteiger charge is 2.14. The molecule has 0 bridgehead atoms. The zero-order valence-electron chi connectivity index (χ0n) is 13.3. The van der Waals surface area contributed by atoms with Crippen LogP contribution in [0.2, 0.25) is 0 Å². The Morgan fingerprint density at radius 2 is 1.74 bits per heavy atom. The van der Waals surface area contributed by atoms with E-state index in [-0.39, 0.29) is 12.6 Å². The van der Waals surface area contributed by atoms with Crippen LogP contribution in [0.25, 0.3) is 0 Å². The topological polar surface area (TPSA) is 61.4 Å². The maximum absolute atomic E-state index is 12.3. The molecule has 4 nitrogen and oxygen atoms in total. The Hall–Kier alpha value is -1.98. The van der Waals surface area contributed by atoms with Crippen molar-refractivity contribution in [1.29, 1.82) is 0 Å². The van der Waals surface area contributed by atoms with E-state index in [0.717, 1.165) is 16.1 Å². The average Bonchev–Trinajstić information content (AvgIpc) is 2.55. The van der Waals surface area contributed by atoms with E-state index in [4.69, 9.17) is 0 Å². The van der Waals surface area contributed by atoms with Crippen molar-refractivity contribution in [2.24, 2.45) is 0 Å². The third-order valence-corrected chi connectivity index (χ3v) is 4.27. The summed E-state index contributed by atoms with van der Waals surface area (Å²) < 4.78 is 0. The van der Waals surface area contributed by atoms with E-state index < -0.39 is 6.04 Å². The number of amides is 2. The van der Waals surface area contributed by atoms with Crippen molar-refractivity contribution in [2.45, 2.75) is 30.0 Å². The minimum Gasteiger partial charge on any atom is -0.394 e. The summed E-state index contributed by atoms with van der Waals surface area (Å²) in [6.07, 6.45) is 0. The van der Waals surface area contributed by atoms with Gasteiger partial charge >= 0.3 is 6.03 Å². The largest absolute Gasteiger partial charge is 0.394 e. The Bertz CT molecular complexity index is 632. The highest BCUT2D eigenvalue weighted by atomic mass is 32.2. The van der Waals surface area contributed by atoms with E-state index in [1.165, 1.54) is 0 Å². The summed E-state index contributed by atoms with van der Waals surface area (Å²) >= 11 is 1.70. The number of para-hydroxylation sites is 1. The number of thioether (sulfide) groups is 1. The molecule has 2 aromatic carbocycles. The number of carbonyl (C=O) groups excluding carboxylic acids is 1. The van der Waals surface area contributed by atoms with Gasteiger partial charge in [0.05, 0.1) is 18.3 Å². The summed E-state index contributed by atoms with van der Waals surface area (Å²) in [6, 6.07) is 16.4. The number of rotatable bonds is 6. The molecule has 2 aromatic rings. The fourth-order valence-electron chi connectivity index (χ4n) is 2.16. The molecule has 5 heteroatoms. The lowest BCUT2D eigenvalue weighted by Crippen LogP contribution is -2.34. The van der Waals surface area contributed by atoms with Crippen LogP contribution in [0.3, 0.4) is 0 Å². The lowest BCUT2D eigenvalue weighted by molar-refractivity contribution is 0.225. The van der Waals surface area contributed by atoms with Gasteiger partial charge < -0.3 is 15.7 Å². The van der Waals surface area contributed by atoms with Gasteiger partial charge in [-0.15, -0.1) is 11.8 Å². The quantitative estimate of drug-likeness (QED) is 0.701. The van der Waals surface area contributed by atoms with Crippen molar-refractivity contribution >= 4 is 23.5 Å². The maximum atomic E-state index is 12.3. The molecule has 3 N–H and O–H groups in total. The van der Waals surface area contributed by atoms with Gasteiger partial charge in [0.2, 0.25) is 0 Å². The summed E-state index contributed by atoms with van der Waals surface area (Å²) in [4.78, 5) is 13.3. The van der Waals surface area contributed by atoms with Crippen molar-refractivity contribution < 1.29 is 9.90 Å². The van der Waals surface area contributed by atoms with E-state index >= 15 is 0 Å². The van der Waals surface area contributed by atoms with Crippen LogP contribution >= 0.6 is 11.8 Å². The van der Waals surface area contributed by atoms with Crippen LogP contribution in [0.1, 0.15) is 25.5 Å². The second-order valence-corrected chi connectivity index (χ2v) is 7.03. The second-order valence-electron chi connectivity index (χ2n) is 5.41. The smallest absolute Gasteiger partial charge is 0.319 e. The molecular weight excluding hydrogens is 308 g/mol. The third-order valence-electron chi connectivity index (χ3n) is 3.19. The van der Waals surface area contributed by atoms with E-state index in [9.17, 15) is 9.90 Å². The van der Waals surface area contributed by atoms with Gasteiger partial charge in [0.1, 0.15) is 0 Å². The van der Waals surface area contributed by atoms with Gasteiger partial charge in [0.25, 0.3) is 0 Å². The number of nitrogens with one attached hydrogen (secondary N) is 2. The Morgan fingerprint density at radius 3 is 2.39 bits per heavy atom. The molecule has 0 spiro atoms. The number of carbonyl (C=O) groups is 1. The van der Waals surface area contributed by atoms with Crippen molar-refractivity contribution in [2.75, 3.05) is 11.9 Å². The first-order valence-electron chi connectivity index (χ1n) is 7.59. The zero-order valence-corrected chi connectivity index (χ0v) is 14.1. The van der Waals surface area contributed by atoms with Gasteiger partial charge in [-0.2, -0.15) is 0 Å². The first-order chi connectivity index (χ1) is 11.1. The molecule has 0 saturated carbocycles. The Balaban J connectivity index is 2.04. The molecule has 2 rings (SSSR count). The predicted octanol–water partition coefficient (Wildman–Crippen LogP) is 4.04. The van der Waals surface area contributed by atoms with E-state index in [1.807, 2.05) is 54.6 Å². The highest BCUT2D eigenvalue weighted by Crippen LogP contribution is 2.30. The van der Waals surface area contributed by atoms with Gasteiger partial charge in [-0.25, -0.2) is 4.79 Å². The van der Waals surface area contributed by atoms with Crippen molar-refractivity contribution in [3.05, 3.63) is 60.2 Å². The molecule has 122 valence electrons. The van der Waals surface area contributed by atoms with Crippen LogP contribution in [0.5, 0.6) is 0 Å². The van der Waals surface area contributed by atoms with Gasteiger partial charge in [-0.3, -0.25) is 0 Å². The lowest BCUT2D eigenvalue weighted by atomic mass is 10.1. The number of benzene rings is 2. The number of urea groups is 1. The molecule has 0 heterocycles. The molecule has 0 fully saturated rings. The van der Waals surface area contributed by atoms with Crippen LogP contribution in [-0.4, -0.2) is 23.0 Å². The molecule has 0 aliphatic heterocycles. The van der Waals surface area contributed by atoms with Gasteiger partial charge in [0, 0.05) is 10.1 Å². The fourth-order valence-corrected chi connectivity index (χ4v) is 3.07. The standard InChI is InChI=1S/C18H22N2O2S/c1-13(2)23-17-11-7-6-10-15(17)19-18(22)20-16(12-21)14-8-4-3-5-9-14/h3-11,13,16,21H,12H2,1-2H3,(H2,19,20,22).